The third-order valence-electron chi connectivity index (χ3n) is 5.00. The predicted octanol–water partition coefficient (Wildman–Crippen LogP) is 5.75. The summed E-state index contributed by atoms with van der Waals surface area (Å²) in [4.78, 5) is 7.17. The van der Waals surface area contributed by atoms with Gasteiger partial charge in [-0.15, -0.1) is 0 Å². The molecule has 0 aliphatic rings. The van der Waals surface area contributed by atoms with Crippen LogP contribution in [0.1, 0.15) is 20.8 Å². The van der Waals surface area contributed by atoms with E-state index in [2.05, 4.69) is 43.1 Å². The Morgan fingerprint density at radius 3 is 2.61 bits per heavy atom. The van der Waals surface area contributed by atoms with Gasteiger partial charge in [-0.05, 0) is 56.4 Å². The van der Waals surface area contributed by atoms with E-state index in [0.29, 0.717) is 5.02 Å². The molecule has 0 saturated heterocycles. The van der Waals surface area contributed by atoms with Gasteiger partial charge >= 0.3 is 0 Å². The van der Waals surface area contributed by atoms with Crippen LogP contribution in [0.15, 0.2) is 48.6 Å². The van der Waals surface area contributed by atoms with Crippen LogP contribution >= 0.6 is 11.6 Å². The average Bonchev–Trinajstić information content (AvgIpc) is 2.70. The molecule has 0 saturated carbocycles. The third kappa shape index (κ3) is 4.57. The molecule has 1 aromatic heterocycles. The number of aromatic nitrogens is 1. The van der Waals surface area contributed by atoms with E-state index in [9.17, 15) is 0 Å². The van der Waals surface area contributed by atoms with Crippen LogP contribution < -0.4 is 10.1 Å². The van der Waals surface area contributed by atoms with Gasteiger partial charge in [0, 0.05) is 28.4 Å². The summed E-state index contributed by atoms with van der Waals surface area (Å²) < 4.78 is 5.43. The van der Waals surface area contributed by atoms with E-state index in [1.807, 2.05) is 36.4 Å². The monoisotopic (exact) mass is 397 g/mol. The van der Waals surface area contributed by atoms with E-state index in [-0.39, 0.29) is 6.04 Å². The Labute approximate surface area is 172 Å². The highest BCUT2D eigenvalue weighted by Gasteiger charge is 2.12. The molecule has 0 aliphatic heterocycles. The molecule has 0 spiro atoms. The SMILES string of the molecule is CCN(CC)C/C=C/C(C)Nc1c2ccc(Cl)cc2nc2ccc(OC)cc12. The molecule has 1 N–H and O–H groups in total. The van der Waals surface area contributed by atoms with Gasteiger partial charge in [-0.1, -0.05) is 37.6 Å². The van der Waals surface area contributed by atoms with Gasteiger partial charge in [0.05, 0.1) is 23.8 Å². The van der Waals surface area contributed by atoms with E-state index in [1.54, 1.807) is 7.11 Å². The number of benzene rings is 2. The molecular weight excluding hydrogens is 370 g/mol. The fourth-order valence-corrected chi connectivity index (χ4v) is 3.52. The zero-order valence-corrected chi connectivity index (χ0v) is 17.8. The van der Waals surface area contributed by atoms with Gasteiger partial charge in [-0.2, -0.15) is 0 Å². The second-order valence-corrected chi connectivity index (χ2v) is 7.31. The van der Waals surface area contributed by atoms with Crippen LogP contribution in [0.3, 0.4) is 0 Å². The molecule has 3 aromatic rings. The van der Waals surface area contributed by atoms with E-state index >= 15 is 0 Å². The minimum Gasteiger partial charge on any atom is -0.497 e. The molecule has 3 rings (SSSR count). The Bertz CT molecular complexity index is 982. The fraction of sp³-hybridized carbons (Fsp3) is 0.348. The minimum absolute atomic E-state index is 0.172. The number of ether oxygens (including phenoxy) is 1. The maximum atomic E-state index is 6.20. The van der Waals surface area contributed by atoms with Gasteiger partial charge in [0.2, 0.25) is 0 Å². The Morgan fingerprint density at radius 1 is 1.11 bits per heavy atom. The maximum Gasteiger partial charge on any atom is 0.119 e. The summed E-state index contributed by atoms with van der Waals surface area (Å²) in [6, 6.07) is 12.0. The quantitative estimate of drug-likeness (QED) is 0.388. The van der Waals surface area contributed by atoms with Gasteiger partial charge in [-0.25, -0.2) is 4.98 Å². The lowest BCUT2D eigenvalue weighted by molar-refractivity contribution is 0.337. The molecule has 0 amide bonds. The van der Waals surface area contributed by atoms with Crippen molar-refractivity contribution in [1.82, 2.24) is 9.88 Å². The summed E-state index contributed by atoms with van der Waals surface area (Å²) in [5, 5.41) is 6.44. The highest BCUT2D eigenvalue weighted by atomic mass is 35.5. The average molecular weight is 398 g/mol. The van der Waals surface area contributed by atoms with Crippen molar-refractivity contribution < 1.29 is 4.74 Å². The molecule has 1 atom stereocenters. The number of methoxy groups -OCH3 is 1. The normalized spacial score (nSPS) is 12.9. The summed E-state index contributed by atoms with van der Waals surface area (Å²) in [5.41, 5.74) is 2.85. The maximum absolute atomic E-state index is 6.20. The van der Waals surface area contributed by atoms with E-state index in [4.69, 9.17) is 21.3 Å². The molecule has 4 nitrogen and oxygen atoms in total. The molecule has 148 valence electrons. The molecule has 2 aromatic carbocycles. The summed E-state index contributed by atoms with van der Waals surface area (Å²) in [6.07, 6.45) is 4.44. The first-order valence-electron chi connectivity index (χ1n) is 9.78. The minimum atomic E-state index is 0.172. The first-order chi connectivity index (χ1) is 13.5. The van der Waals surface area contributed by atoms with Gasteiger partial charge in [0.1, 0.15) is 5.75 Å². The number of nitrogens with one attached hydrogen (secondary N) is 1. The molecule has 0 radical (unpaired) electrons. The largest absolute Gasteiger partial charge is 0.497 e. The van der Waals surface area contributed by atoms with Crippen LogP contribution in [0, 0.1) is 0 Å². The van der Waals surface area contributed by atoms with Crippen molar-refractivity contribution >= 4 is 39.1 Å². The molecule has 0 aliphatic carbocycles. The lowest BCUT2D eigenvalue weighted by Crippen LogP contribution is -2.23. The fourth-order valence-electron chi connectivity index (χ4n) is 3.35. The number of pyridine rings is 1. The lowest BCUT2D eigenvalue weighted by Gasteiger charge is -2.18. The van der Waals surface area contributed by atoms with Crippen LogP contribution in [0.2, 0.25) is 5.02 Å². The molecule has 1 unspecified atom stereocenters. The van der Waals surface area contributed by atoms with E-state index in [0.717, 1.165) is 52.9 Å². The Hall–Kier alpha value is -2.30. The van der Waals surface area contributed by atoms with Crippen LogP contribution in [0.4, 0.5) is 5.69 Å². The van der Waals surface area contributed by atoms with Crippen molar-refractivity contribution in [2.24, 2.45) is 0 Å². The van der Waals surface area contributed by atoms with Gasteiger partial charge in [0.25, 0.3) is 0 Å². The molecule has 28 heavy (non-hydrogen) atoms. The summed E-state index contributed by atoms with van der Waals surface area (Å²) >= 11 is 6.20. The number of likely N-dealkylation sites (N-methyl/N-ethyl adjacent to an activating group) is 1. The van der Waals surface area contributed by atoms with Crippen LogP contribution in [0.5, 0.6) is 5.75 Å². The number of halogens is 1. The van der Waals surface area contributed by atoms with Crippen molar-refractivity contribution in [3.63, 3.8) is 0 Å². The first kappa shape index (κ1) is 20.4. The number of fused-ring (bicyclic) bond motifs is 2. The van der Waals surface area contributed by atoms with Crippen molar-refractivity contribution in [3.8, 4) is 5.75 Å². The molecule has 0 bridgehead atoms. The number of anilines is 1. The van der Waals surface area contributed by atoms with Crippen molar-refractivity contribution in [2.75, 3.05) is 32.1 Å². The Balaban J connectivity index is 1.99. The summed E-state index contributed by atoms with van der Waals surface area (Å²) in [6.45, 7) is 9.61. The van der Waals surface area contributed by atoms with Crippen molar-refractivity contribution in [3.05, 3.63) is 53.6 Å². The van der Waals surface area contributed by atoms with E-state index < -0.39 is 0 Å². The van der Waals surface area contributed by atoms with Crippen LogP contribution in [0.25, 0.3) is 21.8 Å². The number of rotatable bonds is 8. The Morgan fingerprint density at radius 2 is 1.89 bits per heavy atom. The molecular formula is C23H28ClN3O. The van der Waals surface area contributed by atoms with Crippen molar-refractivity contribution in [2.45, 2.75) is 26.8 Å². The van der Waals surface area contributed by atoms with E-state index in [1.165, 1.54) is 0 Å². The summed E-state index contributed by atoms with van der Waals surface area (Å²) in [7, 11) is 1.68. The topological polar surface area (TPSA) is 37.4 Å². The predicted molar refractivity (Wildman–Crippen MR) is 121 cm³/mol. The third-order valence-corrected chi connectivity index (χ3v) is 5.23. The van der Waals surface area contributed by atoms with Gasteiger partial charge in [0.15, 0.2) is 0 Å². The highest BCUT2D eigenvalue weighted by molar-refractivity contribution is 6.31. The second-order valence-electron chi connectivity index (χ2n) is 6.88. The highest BCUT2D eigenvalue weighted by Crippen LogP contribution is 2.34. The number of nitrogens with zero attached hydrogens (tertiary/aromatic N) is 2. The smallest absolute Gasteiger partial charge is 0.119 e. The number of hydrogen-bond donors (Lipinski definition) is 1. The van der Waals surface area contributed by atoms with Crippen LogP contribution in [-0.4, -0.2) is 42.7 Å². The Kier molecular flexibility index (Phi) is 6.76. The standard InChI is InChI=1S/C23H28ClN3O/c1-5-27(6-2)13-7-8-16(3)25-23-19-11-9-17(24)14-22(19)26-21-12-10-18(28-4)15-20(21)23/h7-12,14-16H,5-6,13H2,1-4H3,(H,25,26)/b8-7+. The van der Waals surface area contributed by atoms with Gasteiger partial charge < -0.3 is 15.0 Å². The zero-order valence-electron chi connectivity index (χ0n) is 17.0. The van der Waals surface area contributed by atoms with Gasteiger partial charge in [-0.3, -0.25) is 0 Å². The first-order valence-corrected chi connectivity index (χ1v) is 10.2. The lowest BCUT2D eigenvalue weighted by atomic mass is 10.1. The molecule has 5 heteroatoms. The number of hydrogen-bond acceptors (Lipinski definition) is 4. The summed E-state index contributed by atoms with van der Waals surface area (Å²) in [5.74, 6) is 0.815. The molecule has 0 fully saturated rings. The zero-order chi connectivity index (χ0) is 20.1. The second kappa shape index (κ2) is 9.26. The molecule has 1 heterocycles. The van der Waals surface area contributed by atoms with Crippen LogP contribution in [-0.2, 0) is 0 Å². The van der Waals surface area contributed by atoms with Crippen molar-refractivity contribution in [1.29, 1.82) is 0 Å².